The summed E-state index contributed by atoms with van der Waals surface area (Å²) in [5.74, 6) is 0. The van der Waals surface area contributed by atoms with Gasteiger partial charge in [-0.05, 0) is 19.3 Å². The molecule has 10 heavy (non-hydrogen) atoms. The first-order valence-corrected chi connectivity index (χ1v) is 3.98. The second-order valence-corrected chi connectivity index (χ2v) is 3.23. The van der Waals surface area contributed by atoms with Crippen molar-refractivity contribution in [2.75, 3.05) is 6.61 Å². The fourth-order valence-electron chi connectivity index (χ4n) is 1.62. The van der Waals surface area contributed by atoms with Gasteiger partial charge in [-0.3, -0.25) is 0 Å². The van der Waals surface area contributed by atoms with Gasteiger partial charge in [-0.1, -0.05) is 12.8 Å². The molecule has 0 spiro atoms. The number of hydrogen-bond acceptors (Lipinski definition) is 1. The van der Waals surface area contributed by atoms with Gasteiger partial charge in [-0.25, -0.2) is 5.11 Å². The highest BCUT2D eigenvalue weighted by molar-refractivity contribution is 5.05. The summed E-state index contributed by atoms with van der Waals surface area (Å²) in [6, 6.07) is 0. The average molecular weight is 140 g/mol. The maximum Gasteiger partial charge on any atom is 0.135 e. The molecular formula is C8H12O2. The van der Waals surface area contributed by atoms with Crippen LogP contribution in [-0.2, 0) is 9.84 Å². The third-order valence-corrected chi connectivity index (χ3v) is 2.39. The number of hydrogen-bond donors (Lipinski definition) is 0. The Kier molecular flexibility index (Phi) is 1.46. The van der Waals surface area contributed by atoms with Gasteiger partial charge in [0, 0.05) is 0 Å². The van der Waals surface area contributed by atoms with Crippen LogP contribution in [0.25, 0.3) is 0 Å². The maximum atomic E-state index is 11.7. The van der Waals surface area contributed by atoms with Crippen molar-refractivity contribution in [2.45, 2.75) is 37.4 Å². The Morgan fingerprint density at radius 2 is 2.30 bits per heavy atom. The molecule has 1 aliphatic heterocycles. The Morgan fingerprint density at radius 1 is 1.50 bits per heavy atom. The third-order valence-electron chi connectivity index (χ3n) is 2.39. The van der Waals surface area contributed by atoms with E-state index in [4.69, 9.17) is 4.74 Å². The van der Waals surface area contributed by atoms with Crippen LogP contribution in [-0.4, -0.2) is 18.3 Å². The van der Waals surface area contributed by atoms with Crippen molar-refractivity contribution in [3.8, 4) is 0 Å². The van der Waals surface area contributed by atoms with Crippen LogP contribution < -0.4 is 0 Å². The van der Waals surface area contributed by atoms with Crippen LogP contribution >= 0.6 is 0 Å². The van der Waals surface area contributed by atoms with Crippen LogP contribution in [0.3, 0.4) is 0 Å². The highest BCUT2D eigenvalue weighted by Crippen LogP contribution is 2.37. The van der Waals surface area contributed by atoms with Crippen LogP contribution in [0.5, 0.6) is 0 Å². The van der Waals surface area contributed by atoms with E-state index in [2.05, 4.69) is 0 Å². The lowest BCUT2D eigenvalue weighted by Crippen LogP contribution is -2.36. The van der Waals surface area contributed by atoms with Crippen molar-refractivity contribution in [3.63, 3.8) is 0 Å². The second-order valence-electron chi connectivity index (χ2n) is 3.23. The summed E-state index contributed by atoms with van der Waals surface area (Å²) < 4.78 is 5.01. The first kappa shape index (κ1) is 6.62. The monoisotopic (exact) mass is 140 g/mol. The molecule has 2 rings (SSSR count). The standard InChI is InChI=1S/C8H12O2/c9-8(7-6-10-7)4-2-1-3-5-8/h4,7H,1-3,5-6H2. The van der Waals surface area contributed by atoms with Crippen molar-refractivity contribution in [1.29, 1.82) is 0 Å². The molecule has 0 N–H and O–H groups in total. The van der Waals surface area contributed by atoms with E-state index in [9.17, 15) is 5.11 Å². The van der Waals surface area contributed by atoms with Crippen LogP contribution in [0, 0.1) is 6.42 Å². The number of rotatable bonds is 1. The van der Waals surface area contributed by atoms with Gasteiger partial charge < -0.3 is 4.74 Å². The Hall–Kier alpha value is -0.0800. The van der Waals surface area contributed by atoms with E-state index in [0.717, 1.165) is 19.3 Å². The van der Waals surface area contributed by atoms with Crippen LogP contribution in [0.15, 0.2) is 0 Å². The first-order valence-electron chi connectivity index (χ1n) is 3.98. The summed E-state index contributed by atoms with van der Waals surface area (Å²) in [6.07, 6.45) is 5.99. The molecule has 0 amide bonds. The SMILES string of the molecule is [O]C1(C2CO2)[CH]CCCC1. The molecule has 2 heteroatoms. The van der Waals surface area contributed by atoms with Crippen molar-refractivity contribution in [2.24, 2.45) is 0 Å². The molecule has 0 aromatic heterocycles. The highest BCUT2D eigenvalue weighted by atomic mass is 16.6. The quantitative estimate of drug-likeness (QED) is 0.506. The second kappa shape index (κ2) is 2.21. The normalized spacial score (nSPS) is 37.5. The van der Waals surface area contributed by atoms with E-state index in [1.807, 2.05) is 6.42 Å². The lowest BCUT2D eigenvalue weighted by molar-refractivity contribution is -0.0422. The topological polar surface area (TPSA) is 32.4 Å². The van der Waals surface area contributed by atoms with Crippen molar-refractivity contribution < 1.29 is 9.84 Å². The van der Waals surface area contributed by atoms with Gasteiger partial charge in [0.1, 0.15) is 11.7 Å². The summed E-state index contributed by atoms with van der Waals surface area (Å²) in [6.45, 7) is 0.694. The van der Waals surface area contributed by atoms with Gasteiger partial charge in [-0.2, -0.15) is 0 Å². The molecule has 2 radical (unpaired) electrons. The number of ether oxygens (including phenoxy) is 1. The molecule has 2 aliphatic rings. The summed E-state index contributed by atoms with van der Waals surface area (Å²) >= 11 is 0. The minimum Gasteiger partial charge on any atom is -0.370 e. The van der Waals surface area contributed by atoms with Crippen molar-refractivity contribution in [3.05, 3.63) is 6.42 Å². The fourth-order valence-corrected chi connectivity index (χ4v) is 1.62. The summed E-state index contributed by atoms with van der Waals surface area (Å²) in [5, 5.41) is 11.7. The first-order chi connectivity index (χ1) is 4.81. The molecule has 2 atom stereocenters. The Morgan fingerprint density at radius 3 is 2.80 bits per heavy atom. The molecular weight excluding hydrogens is 128 g/mol. The van der Waals surface area contributed by atoms with E-state index in [1.165, 1.54) is 6.42 Å². The minimum absolute atomic E-state index is 0.0211. The Labute approximate surface area is 61.2 Å². The van der Waals surface area contributed by atoms with E-state index in [0.29, 0.717) is 6.61 Å². The molecule has 56 valence electrons. The maximum absolute atomic E-state index is 11.7. The van der Waals surface area contributed by atoms with E-state index in [1.54, 1.807) is 0 Å². The molecule has 0 aromatic carbocycles. The predicted octanol–water partition coefficient (Wildman–Crippen LogP) is 1.33. The predicted molar refractivity (Wildman–Crippen MR) is 35.9 cm³/mol. The summed E-state index contributed by atoms with van der Waals surface area (Å²) in [7, 11) is 0. The smallest absolute Gasteiger partial charge is 0.135 e. The molecule has 2 nitrogen and oxygen atoms in total. The third kappa shape index (κ3) is 1.06. The van der Waals surface area contributed by atoms with E-state index < -0.39 is 5.60 Å². The lowest BCUT2D eigenvalue weighted by atomic mass is 9.83. The van der Waals surface area contributed by atoms with Gasteiger partial charge >= 0.3 is 0 Å². The number of epoxide rings is 1. The Bertz CT molecular complexity index is 123. The van der Waals surface area contributed by atoms with Crippen molar-refractivity contribution in [1.82, 2.24) is 0 Å². The van der Waals surface area contributed by atoms with Gasteiger partial charge in [0.05, 0.1) is 6.61 Å². The molecule has 2 unspecified atom stereocenters. The van der Waals surface area contributed by atoms with E-state index >= 15 is 0 Å². The largest absolute Gasteiger partial charge is 0.370 e. The van der Waals surface area contributed by atoms with Crippen LogP contribution in [0.1, 0.15) is 25.7 Å². The molecule has 1 saturated heterocycles. The van der Waals surface area contributed by atoms with Gasteiger partial charge in [0.2, 0.25) is 0 Å². The molecule has 0 aromatic rings. The average Bonchev–Trinajstić information content (AvgIpc) is 2.69. The van der Waals surface area contributed by atoms with Crippen LogP contribution in [0.2, 0.25) is 0 Å². The highest BCUT2D eigenvalue weighted by Gasteiger charge is 2.47. The molecule has 2 fully saturated rings. The van der Waals surface area contributed by atoms with Crippen molar-refractivity contribution >= 4 is 0 Å². The molecule has 1 aliphatic carbocycles. The van der Waals surface area contributed by atoms with E-state index in [-0.39, 0.29) is 6.10 Å². The zero-order chi connectivity index (χ0) is 7.03. The Balaban J connectivity index is 1.97. The van der Waals surface area contributed by atoms with Gasteiger partial charge in [0.15, 0.2) is 0 Å². The zero-order valence-electron chi connectivity index (χ0n) is 6.01. The summed E-state index contributed by atoms with van der Waals surface area (Å²) in [5.41, 5.74) is -0.807. The summed E-state index contributed by atoms with van der Waals surface area (Å²) in [4.78, 5) is 0. The minimum atomic E-state index is -0.807. The fraction of sp³-hybridized carbons (Fsp3) is 0.875. The zero-order valence-corrected chi connectivity index (χ0v) is 6.01. The lowest BCUT2D eigenvalue weighted by Gasteiger charge is -2.27. The molecule has 1 heterocycles. The van der Waals surface area contributed by atoms with Gasteiger partial charge in [0.25, 0.3) is 0 Å². The molecule has 0 bridgehead atoms. The van der Waals surface area contributed by atoms with Gasteiger partial charge in [-0.15, -0.1) is 0 Å². The molecule has 1 saturated carbocycles. The van der Waals surface area contributed by atoms with Crippen LogP contribution in [0.4, 0.5) is 0 Å².